The topological polar surface area (TPSA) is 101 Å². The lowest BCUT2D eigenvalue weighted by Crippen LogP contribution is -2.41. The molecule has 158 valence electrons. The number of nitrogens with two attached hydrogens (primary N) is 1. The maximum atomic E-state index is 12.6. The molecule has 3 N–H and O–H groups in total. The van der Waals surface area contributed by atoms with Crippen LogP contribution in [0.1, 0.15) is 23.2 Å². The zero-order valence-electron chi connectivity index (χ0n) is 16.9. The van der Waals surface area contributed by atoms with E-state index in [1.54, 1.807) is 36.3 Å². The monoisotopic (exact) mass is 433 g/mol. The van der Waals surface area contributed by atoms with Crippen LogP contribution in [0.2, 0.25) is 0 Å². The SMILES string of the molecule is NC(=O)C1CCCN(c2ccc(NC(=O)c3ccc(Sc4ccccn4)cc3)cn2)C1. The molecule has 0 saturated carbocycles. The molecule has 2 amide bonds. The van der Waals surface area contributed by atoms with Crippen LogP contribution in [-0.2, 0) is 4.79 Å². The number of hydrogen-bond acceptors (Lipinski definition) is 6. The number of benzene rings is 1. The Hall–Kier alpha value is -3.39. The van der Waals surface area contributed by atoms with Crippen molar-refractivity contribution in [2.24, 2.45) is 11.7 Å². The number of piperidine rings is 1. The fourth-order valence-electron chi connectivity index (χ4n) is 3.47. The molecule has 2 aromatic heterocycles. The lowest BCUT2D eigenvalue weighted by molar-refractivity contribution is -0.122. The largest absolute Gasteiger partial charge is 0.369 e. The Balaban J connectivity index is 1.35. The third-order valence-electron chi connectivity index (χ3n) is 5.13. The number of amides is 2. The molecule has 0 bridgehead atoms. The average molecular weight is 434 g/mol. The Bertz CT molecular complexity index is 1040. The molecule has 0 aliphatic carbocycles. The number of anilines is 2. The second-order valence-corrected chi connectivity index (χ2v) is 8.43. The smallest absolute Gasteiger partial charge is 0.255 e. The van der Waals surface area contributed by atoms with Crippen molar-refractivity contribution in [2.45, 2.75) is 22.8 Å². The molecule has 1 aliphatic heterocycles. The molecule has 3 aromatic rings. The van der Waals surface area contributed by atoms with Crippen LogP contribution in [0.25, 0.3) is 0 Å². The van der Waals surface area contributed by atoms with Crippen molar-refractivity contribution in [1.82, 2.24) is 9.97 Å². The second kappa shape index (κ2) is 9.61. The van der Waals surface area contributed by atoms with E-state index in [4.69, 9.17) is 5.73 Å². The molecule has 1 aromatic carbocycles. The fourth-order valence-corrected chi connectivity index (χ4v) is 4.24. The van der Waals surface area contributed by atoms with Crippen LogP contribution in [-0.4, -0.2) is 34.9 Å². The summed E-state index contributed by atoms with van der Waals surface area (Å²) in [6.07, 6.45) is 5.11. The van der Waals surface area contributed by atoms with Gasteiger partial charge in [0.1, 0.15) is 10.8 Å². The van der Waals surface area contributed by atoms with E-state index in [9.17, 15) is 9.59 Å². The molecule has 4 rings (SSSR count). The molecule has 1 saturated heterocycles. The van der Waals surface area contributed by atoms with Gasteiger partial charge in [0.05, 0.1) is 17.8 Å². The summed E-state index contributed by atoms with van der Waals surface area (Å²) >= 11 is 1.54. The Morgan fingerprint density at radius 1 is 1.06 bits per heavy atom. The first-order valence-electron chi connectivity index (χ1n) is 10.1. The number of hydrogen-bond donors (Lipinski definition) is 2. The van der Waals surface area contributed by atoms with Gasteiger partial charge in [-0.1, -0.05) is 17.8 Å². The van der Waals surface area contributed by atoms with Gasteiger partial charge in [0, 0.05) is 29.7 Å². The van der Waals surface area contributed by atoms with Crippen molar-refractivity contribution in [3.63, 3.8) is 0 Å². The number of rotatable bonds is 6. The van der Waals surface area contributed by atoms with E-state index in [0.29, 0.717) is 17.8 Å². The molecule has 3 heterocycles. The Morgan fingerprint density at radius 3 is 2.58 bits per heavy atom. The standard InChI is InChI=1S/C23H23N5O2S/c24-22(29)17-4-3-13-28(15-17)20-11-8-18(14-26-20)27-23(30)16-6-9-19(10-7-16)31-21-5-1-2-12-25-21/h1-2,5-12,14,17H,3-4,13,15H2,(H2,24,29)(H,27,30). The van der Waals surface area contributed by atoms with Crippen LogP contribution in [0, 0.1) is 5.92 Å². The maximum absolute atomic E-state index is 12.6. The van der Waals surface area contributed by atoms with Gasteiger partial charge in [0.15, 0.2) is 0 Å². The van der Waals surface area contributed by atoms with Gasteiger partial charge in [0.25, 0.3) is 5.91 Å². The minimum absolute atomic E-state index is 0.145. The van der Waals surface area contributed by atoms with E-state index in [-0.39, 0.29) is 17.7 Å². The van der Waals surface area contributed by atoms with Crippen LogP contribution >= 0.6 is 11.8 Å². The summed E-state index contributed by atoms with van der Waals surface area (Å²) in [4.78, 5) is 35.9. The minimum atomic E-state index is -0.266. The molecule has 8 heteroatoms. The predicted octanol–water partition coefficient (Wildman–Crippen LogP) is 3.58. The molecule has 1 fully saturated rings. The zero-order chi connectivity index (χ0) is 21.6. The van der Waals surface area contributed by atoms with Crippen LogP contribution in [0.15, 0.2) is 76.9 Å². The highest BCUT2D eigenvalue weighted by molar-refractivity contribution is 7.99. The highest BCUT2D eigenvalue weighted by atomic mass is 32.2. The number of carbonyl (C=O) groups excluding carboxylic acids is 2. The number of carbonyl (C=O) groups is 2. The normalized spacial score (nSPS) is 16.0. The van der Waals surface area contributed by atoms with Crippen molar-refractivity contribution in [1.29, 1.82) is 0 Å². The summed E-state index contributed by atoms with van der Waals surface area (Å²) < 4.78 is 0. The number of primary amides is 1. The van der Waals surface area contributed by atoms with Gasteiger partial charge in [0.2, 0.25) is 5.91 Å². The molecular formula is C23H23N5O2S. The summed E-state index contributed by atoms with van der Waals surface area (Å²) in [5, 5.41) is 3.78. The van der Waals surface area contributed by atoms with Gasteiger partial charge in [-0.15, -0.1) is 0 Å². The predicted molar refractivity (Wildman–Crippen MR) is 121 cm³/mol. The molecule has 31 heavy (non-hydrogen) atoms. The molecule has 0 radical (unpaired) electrons. The fraction of sp³-hybridized carbons (Fsp3) is 0.217. The summed E-state index contributed by atoms with van der Waals surface area (Å²) in [6.45, 7) is 1.42. The van der Waals surface area contributed by atoms with Crippen molar-refractivity contribution in [2.75, 3.05) is 23.3 Å². The Kier molecular flexibility index (Phi) is 6.47. The first-order valence-corrected chi connectivity index (χ1v) is 10.9. The highest BCUT2D eigenvalue weighted by Crippen LogP contribution is 2.26. The average Bonchev–Trinajstić information content (AvgIpc) is 2.81. The molecular weight excluding hydrogens is 410 g/mol. The van der Waals surface area contributed by atoms with Crippen LogP contribution in [0.4, 0.5) is 11.5 Å². The van der Waals surface area contributed by atoms with Crippen molar-refractivity contribution in [3.05, 3.63) is 72.6 Å². The molecule has 7 nitrogen and oxygen atoms in total. The van der Waals surface area contributed by atoms with Gasteiger partial charge >= 0.3 is 0 Å². The first-order chi connectivity index (χ1) is 15.1. The van der Waals surface area contributed by atoms with Crippen molar-refractivity contribution < 1.29 is 9.59 Å². The van der Waals surface area contributed by atoms with Crippen LogP contribution in [0.5, 0.6) is 0 Å². The lowest BCUT2D eigenvalue weighted by atomic mass is 9.97. The highest BCUT2D eigenvalue weighted by Gasteiger charge is 2.24. The van der Waals surface area contributed by atoms with Crippen molar-refractivity contribution in [3.8, 4) is 0 Å². The van der Waals surface area contributed by atoms with Crippen molar-refractivity contribution >= 4 is 35.1 Å². The van der Waals surface area contributed by atoms with E-state index in [2.05, 4.69) is 20.2 Å². The van der Waals surface area contributed by atoms with Crippen LogP contribution in [0.3, 0.4) is 0 Å². The third-order valence-corrected chi connectivity index (χ3v) is 6.09. The van der Waals surface area contributed by atoms with E-state index < -0.39 is 0 Å². The summed E-state index contributed by atoms with van der Waals surface area (Å²) in [5.41, 5.74) is 6.63. The summed E-state index contributed by atoms with van der Waals surface area (Å²) in [5.74, 6) is 0.169. The number of pyridine rings is 2. The Labute approximate surface area is 185 Å². The lowest BCUT2D eigenvalue weighted by Gasteiger charge is -2.32. The molecule has 1 unspecified atom stereocenters. The first kappa shape index (κ1) is 20.9. The summed E-state index contributed by atoms with van der Waals surface area (Å²) in [7, 11) is 0. The van der Waals surface area contributed by atoms with Gasteiger partial charge in [-0.05, 0) is 61.4 Å². The van der Waals surface area contributed by atoms with Gasteiger partial charge in [-0.2, -0.15) is 0 Å². The van der Waals surface area contributed by atoms with Crippen LogP contribution < -0.4 is 16.0 Å². The number of nitrogens with zero attached hydrogens (tertiary/aromatic N) is 3. The minimum Gasteiger partial charge on any atom is -0.369 e. The van der Waals surface area contributed by atoms with E-state index >= 15 is 0 Å². The molecule has 0 spiro atoms. The maximum Gasteiger partial charge on any atom is 0.255 e. The summed E-state index contributed by atoms with van der Waals surface area (Å²) in [6, 6.07) is 16.8. The molecule has 1 aliphatic rings. The van der Waals surface area contributed by atoms with Gasteiger partial charge in [-0.25, -0.2) is 9.97 Å². The van der Waals surface area contributed by atoms with Gasteiger partial charge in [-0.3, -0.25) is 9.59 Å². The Morgan fingerprint density at radius 2 is 1.90 bits per heavy atom. The van der Waals surface area contributed by atoms with E-state index in [1.807, 2.05) is 42.5 Å². The molecule has 1 atom stereocenters. The van der Waals surface area contributed by atoms with E-state index in [0.717, 1.165) is 35.1 Å². The van der Waals surface area contributed by atoms with Gasteiger partial charge < -0.3 is 16.0 Å². The second-order valence-electron chi connectivity index (χ2n) is 7.34. The zero-order valence-corrected chi connectivity index (χ0v) is 17.7. The van der Waals surface area contributed by atoms with E-state index in [1.165, 1.54) is 0 Å². The number of nitrogens with one attached hydrogen (secondary N) is 1. The quantitative estimate of drug-likeness (QED) is 0.616. The third kappa shape index (κ3) is 5.40. The number of aromatic nitrogens is 2.